The molecule has 0 atom stereocenters. The van der Waals surface area contributed by atoms with E-state index >= 15 is 0 Å². The van der Waals surface area contributed by atoms with Crippen molar-refractivity contribution in [1.29, 1.82) is 0 Å². The molecular formula is C17H35N3. The Labute approximate surface area is 125 Å². The van der Waals surface area contributed by atoms with E-state index in [9.17, 15) is 0 Å². The first-order chi connectivity index (χ1) is 9.88. The summed E-state index contributed by atoms with van der Waals surface area (Å²) in [4.78, 5) is 0. The van der Waals surface area contributed by atoms with Gasteiger partial charge in [0.25, 0.3) is 0 Å². The van der Waals surface area contributed by atoms with Crippen LogP contribution in [0, 0.1) is 5.92 Å². The molecule has 118 valence electrons. The molecule has 0 aliphatic heterocycles. The SMILES string of the molecule is NCCC1CCC(NCCCNC2CCCCC2)CC1. The summed E-state index contributed by atoms with van der Waals surface area (Å²) in [5.41, 5.74) is 5.65. The van der Waals surface area contributed by atoms with Crippen molar-refractivity contribution in [1.82, 2.24) is 10.6 Å². The molecule has 2 aliphatic rings. The van der Waals surface area contributed by atoms with Gasteiger partial charge in [-0.25, -0.2) is 0 Å². The average molecular weight is 281 g/mol. The lowest BCUT2D eigenvalue weighted by molar-refractivity contribution is 0.281. The lowest BCUT2D eigenvalue weighted by atomic mass is 9.84. The van der Waals surface area contributed by atoms with Crippen molar-refractivity contribution < 1.29 is 0 Å². The molecule has 2 aliphatic carbocycles. The fraction of sp³-hybridized carbons (Fsp3) is 1.00. The summed E-state index contributed by atoms with van der Waals surface area (Å²) in [5.74, 6) is 0.908. The van der Waals surface area contributed by atoms with Crippen LogP contribution in [0.1, 0.15) is 70.6 Å². The molecule has 0 radical (unpaired) electrons. The molecule has 0 unspecified atom stereocenters. The van der Waals surface area contributed by atoms with Crippen molar-refractivity contribution in [2.45, 2.75) is 82.7 Å². The molecule has 0 spiro atoms. The minimum absolute atomic E-state index is 0.777. The summed E-state index contributed by atoms with van der Waals surface area (Å²) >= 11 is 0. The Kier molecular flexibility index (Phi) is 7.92. The van der Waals surface area contributed by atoms with E-state index in [1.54, 1.807) is 0 Å². The first kappa shape index (κ1) is 16.3. The first-order valence-corrected chi connectivity index (χ1v) is 9.05. The molecule has 0 amide bonds. The maximum absolute atomic E-state index is 5.65. The van der Waals surface area contributed by atoms with E-state index < -0.39 is 0 Å². The van der Waals surface area contributed by atoms with E-state index in [1.807, 2.05) is 0 Å². The Morgan fingerprint density at radius 1 is 0.750 bits per heavy atom. The third-order valence-electron chi connectivity index (χ3n) is 5.25. The van der Waals surface area contributed by atoms with Gasteiger partial charge in [0, 0.05) is 12.1 Å². The van der Waals surface area contributed by atoms with E-state index in [2.05, 4.69) is 10.6 Å². The van der Waals surface area contributed by atoms with Crippen LogP contribution in [0.15, 0.2) is 0 Å². The van der Waals surface area contributed by atoms with Crippen molar-refractivity contribution in [3.05, 3.63) is 0 Å². The van der Waals surface area contributed by atoms with Crippen molar-refractivity contribution in [3.8, 4) is 0 Å². The largest absolute Gasteiger partial charge is 0.330 e. The quantitative estimate of drug-likeness (QED) is 0.600. The Morgan fingerprint density at radius 2 is 1.35 bits per heavy atom. The zero-order valence-electron chi connectivity index (χ0n) is 13.2. The van der Waals surface area contributed by atoms with Crippen LogP contribution in [-0.4, -0.2) is 31.7 Å². The molecule has 0 aromatic carbocycles. The van der Waals surface area contributed by atoms with Gasteiger partial charge >= 0.3 is 0 Å². The number of hydrogen-bond acceptors (Lipinski definition) is 3. The summed E-state index contributed by atoms with van der Waals surface area (Å²) in [5, 5.41) is 7.48. The molecule has 3 heteroatoms. The van der Waals surface area contributed by atoms with Crippen molar-refractivity contribution >= 4 is 0 Å². The first-order valence-electron chi connectivity index (χ1n) is 9.05. The van der Waals surface area contributed by atoms with Gasteiger partial charge in [-0.05, 0) is 76.9 Å². The molecule has 0 saturated heterocycles. The summed E-state index contributed by atoms with van der Waals surface area (Å²) in [6.07, 6.45) is 15.1. The second-order valence-electron chi connectivity index (χ2n) is 6.89. The second kappa shape index (κ2) is 9.75. The Bertz CT molecular complexity index is 230. The minimum atomic E-state index is 0.777. The fourth-order valence-electron chi connectivity index (χ4n) is 3.90. The van der Waals surface area contributed by atoms with E-state index in [0.717, 1.165) is 24.5 Å². The predicted octanol–water partition coefficient (Wildman–Crippen LogP) is 2.80. The lowest BCUT2D eigenvalue weighted by Gasteiger charge is -2.29. The predicted molar refractivity (Wildman–Crippen MR) is 86.9 cm³/mol. The van der Waals surface area contributed by atoms with Crippen molar-refractivity contribution in [3.63, 3.8) is 0 Å². The van der Waals surface area contributed by atoms with Crippen molar-refractivity contribution in [2.24, 2.45) is 11.7 Å². The van der Waals surface area contributed by atoms with Gasteiger partial charge in [0.2, 0.25) is 0 Å². The molecular weight excluding hydrogens is 246 g/mol. The van der Waals surface area contributed by atoms with Crippen LogP contribution in [0.3, 0.4) is 0 Å². The van der Waals surface area contributed by atoms with Crippen LogP contribution in [0.4, 0.5) is 0 Å². The van der Waals surface area contributed by atoms with Gasteiger partial charge in [-0.1, -0.05) is 19.3 Å². The molecule has 2 rings (SSSR count). The molecule has 4 N–H and O–H groups in total. The Morgan fingerprint density at radius 3 is 1.95 bits per heavy atom. The Balaban J connectivity index is 1.43. The van der Waals surface area contributed by atoms with Gasteiger partial charge < -0.3 is 16.4 Å². The Hall–Kier alpha value is -0.120. The summed E-state index contributed by atoms with van der Waals surface area (Å²) in [6, 6.07) is 1.59. The third kappa shape index (κ3) is 6.11. The molecule has 0 heterocycles. The molecule has 20 heavy (non-hydrogen) atoms. The van der Waals surface area contributed by atoms with Gasteiger partial charge in [0.15, 0.2) is 0 Å². The monoisotopic (exact) mass is 281 g/mol. The lowest BCUT2D eigenvalue weighted by Crippen LogP contribution is -2.37. The molecule has 0 aromatic heterocycles. The highest BCUT2D eigenvalue weighted by atomic mass is 14.9. The normalized spacial score (nSPS) is 28.6. The summed E-state index contributed by atoms with van der Waals surface area (Å²) in [7, 11) is 0. The van der Waals surface area contributed by atoms with Gasteiger partial charge in [0.05, 0.1) is 0 Å². The van der Waals surface area contributed by atoms with E-state index in [0.29, 0.717) is 0 Å². The molecule has 0 bridgehead atoms. The van der Waals surface area contributed by atoms with Gasteiger partial charge in [0.1, 0.15) is 0 Å². The highest BCUT2D eigenvalue weighted by Gasteiger charge is 2.19. The molecule has 2 saturated carbocycles. The number of rotatable bonds is 8. The molecule has 0 aromatic rings. The maximum Gasteiger partial charge on any atom is 0.00672 e. The van der Waals surface area contributed by atoms with Crippen LogP contribution < -0.4 is 16.4 Å². The smallest absolute Gasteiger partial charge is 0.00672 e. The number of nitrogens with one attached hydrogen (secondary N) is 2. The fourth-order valence-corrected chi connectivity index (χ4v) is 3.90. The van der Waals surface area contributed by atoms with Gasteiger partial charge in [-0.15, -0.1) is 0 Å². The third-order valence-corrected chi connectivity index (χ3v) is 5.25. The topological polar surface area (TPSA) is 50.1 Å². The number of hydrogen-bond donors (Lipinski definition) is 3. The second-order valence-corrected chi connectivity index (χ2v) is 6.89. The van der Waals surface area contributed by atoms with Crippen molar-refractivity contribution in [2.75, 3.05) is 19.6 Å². The van der Waals surface area contributed by atoms with Crippen LogP contribution in [-0.2, 0) is 0 Å². The minimum Gasteiger partial charge on any atom is -0.330 e. The molecule has 3 nitrogen and oxygen atoms in total. The summed E-state index contributed by atoms with van der Waals surface area (Å²) < 4.78 is 0. The van der Waals surface area contributed by atoms with E-state index in [1.165, 1.54) is 83.7 Å². The average Bonchev–Trinajstić information content (AvgIpc) is 2.50. The molecule has 2 fully saturated rings. The van der Waals surface area contributed by atoms with Crippen LogP contribution in [0.2, 0.25) is 0 Å². The highest BCUT2D eigenvalue weighted by Crippen LogP contribution is 2.26. The zero-order chi connectivity index (χ0) is 14.0. The maximum atomic E-state index is 5.65. The highest BCUT2D eigenvalue weighted by molar-refractivity contribution is 4.77. The van der Waals surface area contributed by atoms with Crippen LogP contribution >= 0.6 is 0 Å². The number of nitrogens with two attached hydrogens (primary N) is 1. The van der Waals surface area contributed by atoms with Gasteiger partial charge in [-0.2, -0.15) is 0 Å². The zero-order valence-corrected chi connectivity index (χ0v) is 13.2. The standard InChI is InChI=1S/C17H35N3/c18-12-11-15-7-9-17(10-8-15)20-14-4-13-19-16-5-2-1-3-6-16/h15-17,19-20H,1-14,18H2. The van der Waals surface area contributed by atoms with Gasteiger partial charge in [-0.3, -0.25) is 0 Å². The summed E-state index contributed by atoms with van der Waals surface area (Å²) in [6.45, 7) is 3.25. The van der Waals surface area contributed by atoms with E-state index in [4.69, 9.17) is 5.73 Å². The van der Waals surface area contributed by atoms with Crippen LogP contribution in [0.5, 0.6) is 0 Å². The van der Waals surface area contributed by atoms with Crippen LogP contribution in [0.25, 0.3) is 0 Å². The van der Waals surface area contributed by atoms with E-state index in [-0.39, 0.29) is 0 Å².